The van der Waals surface area contributed by atoms with Gasteiger partial charge in [-0.05, 0) is 49.4 Å². The zero-order valence-electron chi connectivity index (χ0n) is 23.3. The normalized spacial score (nSPS) is 31.6. The van der Waals surface area contributed by atoms with E-state index >= 15 is 0 Å². The summed E-state index contributed by atoms with van der Waals surface area (Å²) >= 11 is 14.0. The van der Waals surface area contributed by atoms with E-state index in [0.29, 0.717) is 28.2 Å². The topological polar surface area (TPSA) is 95.0 Å². The average Bonchev–Trinajstić information content (AvgIpc) is 3.28. The summed E-state index contributed by atoms with van der Waals surface area (Å²) in [5, 5.41) is 11.1. The van der Waals surface area contributed by atoms with Crippen LogP contribution >= 0.6 is 23.2 Å². The summed E-state index contributed by atoms with van der Waals surface area (Å²) in [6, 6.07) is 5.10. The second kappa shape index (κ2) is 9.71. The van der Waals surface area contributed by atoms with E-state index in [1.807, 2.05) is 0 Å². The van der Waals surface area contributed by atoms with Crippen LogP contribution in [0.15, 0.2) is 48.0 Å². The number of hydrogen-bond acceptors (Lipinski definition) is 5. The molecular weight excluding hydrogens is 653 g/mol. The number of aromatic hydroxyl groups is 1. The molecule has 15 heteroatoms. The molecule has 1 saturated carbocycles. The number of anilines is 1. The predicted molar refractivity (Wildman–Crippen MR) is 147 cm³/mol. The molecule has 2 aromatic carbocycles. The molecule has 0 bridgehead atoms. The first-order valence-corrected chi connectivity index (χ1v) is 14.4. The van der Waals surface area contributed by atoms with Gasteiger partial charge < -0.3 is 5.11 Å². The fraction of sp³-hybridized carbons (Fsp3) is 0.400. The Kier molecular flexibility index (Phi) is 6.78. The van der Waals surface area contributed by atoms with E-state index in [1.165, 1.54) is 19.2 Å². The molecule has 2 aliphatic carbocycles. The number of carbonyl (C=O) groups is 4. The van der Waals surface area contributed by atoms with Crippen molar-refractivity contribution in [2.45, 2.75) is 47.8 Å². The number of amides is 4. The number of phenolic OH excluding ortho intramolecular Hbond substituents is 1. The monoisotopic (exact) mass is 674 g/mol. The third kappa shape index (κ3) is 4.18. The van der Waals surface area contributed by atoms with Crippen LogP contribution in [-0.2, 0) is 31.5 Å². The van der Waals surface area contributed by atoms with Crippen molar-refractivity contribution < 1.29 is 50.6 Å². The maximum Gasteiger partial charge on any atom is 0.416 e. The number of alkyl halides is 8. The summed E-state index contributed by atoms with van der Waals surface area (Å²) < 4.78 is 81.8. The van der Waals surface area contributed by atoms with Gasteiger partial charge >= 0.3 is 12.4 Å². The smallest absolute Gasteiger partial charge is 0.416 e. The van der Waals surface area contributed by atoms with Gasteiger partial charge in [0.15, 0.2) is 9.75 Å². The summed E-state index contributed by atoms with van der Waals surface area (Å²) in [4.78, 5) is 51.4. The van der Waals surface area contributed by atoms with Crippen LogP contribution in [-0.4, -0.2) is 50.4 Å². The van der Waals surface area contributed by atoms with Crippen LogP contribution in [0.1, 0.15) is 41.0 Å². The van der Waals surface area contributed by atoms with Gasteiger partial charge in [-0.2, -0.15) is 26.3 Å². The summed E-state index contributed by atoms with van der Waals surface area (Å²) in [6.45, 7) is 1.58. The van der Waals surface area contributed by atoms with E-state index in [4.69, 9.17) is 23.2 Å². The van der Waals surface area contributed by atoms with Crippen molar-refractivity contribution in [1.82, 2.24) is 4.90 Å². The van der Waals surface area contributed by atoms with E-state index in [1.54, 1.807) is 19.1 Å². The highest BCUT2D eigenvalue weighted by Gasteiger charge is 2.76. The van der Waals surface area contributed by atoms with Gasteiger partial charge in [0.05, 0.1) is 28.7 Å². The van der Waals surface area contributed by atoms with Gasteiger partial charge in [0, 0.05) is 18.5 Å². The molecule has 3 fully saturated rings. The molecule has 2 heterocycles. The minimum atomic E-state index is -5.23. The number of hydrogen-bond donors (Lipinski definition) is 1. The Labute approximate surface area is 261 Å². The van der Waals surface area contributed by atoms with Crippen molar-refractivity contribution in [2.75, 3.05) is 11.9 Å². The van der Waals surface area contributed by atoms with Crippen molar-refractivity contribution in [2.24, 2.45) is 17.8 Å². The molecule has 0 radical (unpaired) electrons. The number of fused-ring (bicyclic) bond motifs is 4. The van der Waals surface area contributed by atoms with Crippen LogP contribution in [0.5, 0.6) is 5.75 Å². The molecule has 45 heavy (non-hydrogen) atoms. The summed E-state index contributed by atoms with van der Waals surface area (Å²) in [5.74, 6) is -9.14. The predicted octanol–water partition coefficient (Wildman–Crippen LogP) is 5.93. The first-order chi connectivity index (χ1) is 20.7. The van der Waals surface area contributed by atoms with E-state index in [2.05, 4.69) is 0 Å². The maximum atomic E-state index is 14.0. The number of nitrogens with zero attached hydrogens (tertiary/aromatic N) is 2. The Morgan fingerprint density at radius 1 is 0.889 bits per heavy atom. The fourth-order valence-corrected chi connectivity index (χ4v) is 8.34. The third-order valence-corrected chi connectivity index (χ3v) is 10.8. The van der Waals surface area contributed by atoms with Crippen molar-refractivity contribution in [3.63, 3.8) is 0 Å². The lowest BCUT2D eigenvalue weighted by molar-refractivity contribution is -0.143. The minimum Gasteiger partial charge on any atom is -0.507 e. The van der Waals surface area contributed by atoms with E-state index < -0.39 is 92.6 Å². The molecule has 0 spiro atoms. The minimum absolute atomic E-state index is 0.113. The molecule has 0 unspecified atom stereocenters. The Morgan fingerprint density at radius 2 is 1.49 bits per heavy atom. The van der Waals surface area contributed by atoms with Crippen molar-refractivity contribution in [3.8, 4) is 5.75 Å². The van der Waals surface area contributed by atoms with Crippen LogP contribution in [0.2, 0.25) is 0 Å². The van der Waals surface area contributed by atoms with Gasteiger partial charge in [0.25, 0.3) is 11.8 Å². The Hall–Kier alpha value is -3.58. The number of benzene rings is 2. The van der Waals surface area contributed by atoms with Crippen molar-refractivity contribution in [3.05, 3.63) is 70.3 Å². The lowest BCUT2D eigenvalue weighted by atomic mass is 9.56. The molecule has 2 aromatic rings. The number of imide groups is 2. The second-order valence-electron chi connectivity index (χ2n) is 11.8. The zero-order chi connectivity index (χ0) is 33.2. The summed E-state index contributed by atoms with van der Waals surface area (Å²) in [6.07, 6.45) is -9.58. The number of para-hydroxylation sites is 1. The fourth-order valence-electron chi connectivity index (χ4n) is 7.33. The highest BCUT2D eigenvalue weighted by atomic mass is 35.5. The molecular formula is C30H22Cl2F6N2O5. The summed E-state index contributed by atoms with van der Waals surface area (Å²) in [7, 11) is 1.17. The highest BCUT2D eigenvalue weighted by molar-refractivity contribution is 6.53. The highest BCUT2D eigenvalue weighted by Crippen LogP contribution is 2.66. The maximum absolute atomic E-state index is 14.0. The first kappa shape index (κ1) is 31.4. The number of rotatable bonds is 2. The van der Waals surface area contributed by atoms with Crippen LogP contribution in [0.3, 0.4) is 0 Å². The number of carbonyl (C=O) groups excluding carboxylic acids is 4. The standard InChI is InChI=1S/C30H22Cl2F6N2O5/c1-12-4-3-5-18(22(12)41)21-16-6-7-17-20(19(16)11-27(31)25(44)39(2)26(45)28(21,27)32)24(43)40(23(17)42)15-9-13(29(33,34)35)8-14(10-15)30(36,37)38/h3-6,8-10,17,19-21,41H,7,11H2,1-2H3/t17-,19+,20-,21+,27+,28-/m0/s1. The van der Waals surface area contributed by atoms with Gasteiger partial charge in [0.2, 0.25) is 11.8 Å². The van der Waals surface area contributed by atoms with Gasteiger partial charge in [-0.25, -0.2) is 4.90 Å². The van der Waals surface area contributed by atoms with Crippen molar-refractivity contribution in [1.29, 1.82) is 0 Å². The van der Waals surface area contributed by atoms with Crippen molar-refractivity contribution >= 4 is 52.5 Å². The first-order valence-electron chi connectivity index (χ1n) is 13.6. The van der Waals surface area contributed by atoms with Crippen LogP contribution in [0.4, 0.5) is 32.0 Å². The Balaban J connectivity index is 1.51. The second-order valence-corrected chi connectivity index (χ2v) is 13.0. The van der Waals surface area contributed by atoms with Gasteiger partial charge in [-0.3, -0.25) is 24.1 Å². The van der Waals surface area contributed by atoms with Gasteiger partial charge in [0.1, 0.15) is 5.75 Å². The van der Waals surface area contributed by atoms with Crippen LogP contribution in [0, 0.1) is 24.7 Å². The third-order valence-electron chi connectivity index (χ3n) is 9.42. The quantitative estimate of drug-likeness (QED) is 0.184. The van der Waals surface area contributed by atoms with Gasteiger partial charge in [-0.1, -0.05) is 29.8 Å². The molecule has 2 aliphatic heterocycles. The lowest BCUT2D eigenvalue weighted by Gasteiger charge is -2.50. The summed E-state index contributed by atoms with van der Waals surface area (Å²) in [5.41, 5.74) is -3.54. The van der Waals surface area contributed by atoms with Gasteiger partial charge in [-0.15, -0.1) is 23.2 Å². The molecule has 1 N–H and O–H groups in total. The lowest BCUT2D eigenvalue weighted by Crippen LogP contribution is -2.60. The van der Waals surface area contributed by atoms with Crippen LogP contribution in [0.25, 0.3) is 0 Å². The molecule has 7 nitrogen and oxygen atoms in total. The largest absolute Gasteiger partial charge is 0.507 e. The number of halogens is 8. The molecule has 6 atom stereocenters. The number of likely N-dealkylation sites (tertiary alicyclic amines) is 1. The number of aryl methyl sites for hydroxylation is 1. The number of allylic oxidation sites excluding steroid dienone is 2. The van der Waals surface area contributed by atoms with E-state index in [9.17, 15) is 50.6 Å². The van der Waals surface area contributed by atoms with E-state index in [0.717, 1.165) is 4.90 Å². The van der Waals surface area contributed by atoms with Crippen LogP contribution < -0.4 is 4.90 Å². The number of phenols is 1. The zero-order valence-corrected chi connectivity index (χ0v) is 24.8. The molecule has 2 saturated heterocycles. The Bertz CT molecular complexity index is 1710. The average molecular weight is 675 g/mol. The molecule has 4 amide bonds. The Morgan fingerprint density at radius 3 is 2.07 bits per heavy atom. The molecule has 0 aromatic heterocycles. The molecule has 6 rings (SSSR count). The van der Waals surface area contributed by atoms with E-state index in [-0.39, 0.29) is 23.8 Å². The SMILES string of the molecule is Cc1cccc([C@H]2C3=CC[C@@H]4C(=O)N(c5cc(C(F)(F)F)cc(C(F)(F)F)c5)C(=O)[C@@H]4[C@@H]3C[C@@]3(Cl)C(=O)N(C)C(=O)[C@@]23Cl)c1O. The molecule has 238 valence electrons. The molecule has 4 aliphatic rings.